The summed E-state index contributed by atoms with van der Waals surface area (Å²) in [5.74, 6) is -2.72. The summed E-state index contributed by atoms with van der Waals surface area (Å²) in [6.45, 7) is -7.36. The zero-order chi connectivity index (χ0) is 65.0. The van der Waals surface area contributed by atoms with Gasteiger partial charge < -0.3 is 183 Å². The molecule has 36 atom stereocenters. The summed E-state index contributed by atoms with van der Waals surface area (Å²) in [7, 11) is 0. The summed E-state index contributed by atoms with van der Waals surface area (Å²) < 4.78 is 86.5. The predicted molar refractivity (Wildman–Crippen MR) is 273 cm³/mol. The van der Waals surface area contributed by atoms with Gasteiger partial charge in [0.2, 0.25) is 0 Å². The van der Waals surface area contributed by atoms with Gasteiger partial charge in [-0.15, -0.1) is 11.8 Å². The van der Waals surface area contributed by atoms with Crippen molar-refractivity contribution in [1.82, 2.24) is 0 Å². The third kappa shape index (κ3) is 16.7. The number of thioether (sulfide) groups is 1. The van der Waals surface area contributed by atoms with Crippen LogP contribution in [0, 0.1) is 0 Å². The molecule has 0 aromatic rings. The van der Waals surface area contributed by atoms with Crippen LogP contribution in [-0.4, -0.2) is 403 Å². The van der Waals surface area contributed by atoms with Crippen LogP contribution in [0.15, 0.2) is 0 Å². The van der Waals surface area contributed by atoms with E-state index in [2.05, 4.69) is 0 Å². The van der Waals surface area contributed by atoms with Gasteiger partial charge in [-0.1, -0.05) is 0 Å². The number of hydrogen-bond acceptors (Lipinski definition) is 38. The molecule has 21 rings (SSSR count). The van der Waals surface area contributed by atoms with E-state index < -0.39 is 285 Å². The average molecular weight is 1350 g/mol. The van der Waals surface area contributed by atoms with Crippen molar-refractivity contribution in [2.24, 2.45) is 0 Å². The molecule has 0 saturated carbocycles. The van der Waals surface area contributed by atoms with Crippen molar-refractivity contribution in [3.63, 3.8) is 0 Å². The molecule has 0 spiro atoms. The first-order valence-corrected chi connectivity index (χ1v) is 29.4. The molecule has 41 heteroatoms. The van der Waals surface area contributed by atoms with Crippen LogP contribution in [0.2, 0.25) is 0 Å². The number of aliphatic hydroxyl groups excluding tert-OH is 20. The fraction of sp³-hybridized carbons (Fsp3) is 0.959. The van der Waals surface area contributed by atoms with E-state index in [0.717, 1.165) is 11.8 Å². The molecule has 39 nitrogen and oxygen atoms in total. The van der Waals surface area contributed by atoms with Crippen LogP contribution in [0.3, 0.4) is 0 Å². The minimum absolute atomic E-state index is 0. The monoisotopic (exact) mass is 1350 g/mol. The van der Waals surface area contributed by atoms with Gasteiger partial charge in [0.1, 0.15) is 176 Å². The predicted octanol–water partition coefficient (Wildman–Crippen LogP) is -17.2. The van der Waals surface area contributed by atoms with Crippen LogP contribution < -0.4 is 29.6 Å². The van der Waals surface area contributed by atoms with Gasteiger partial charge in [-0.3, -0.25) is 9.59 Å². The Kier molecular flexibility index (Phi) is 28.7. The van der Waals surface area contributed by atoms with Gasteiger partial charge in [0.05, 0.1) is 52.7 Å². The topological polar surface area (TPSA) is 618 Å². The van der Waals surface area contributed by atoms with E-state index in [9.17, 15) is 117 Å². The molecule has 0 aromatic carbocycles. The normalized spacial score (nSPS) is 49.2. The fourth-order valence-electron chi connectivity index (χ4n) is 11.4. The molecule has 22 N–H and O–H groups in total. The Morgan fingerprint density at radius 3 is 0.744 bits per heavy atom. The number of aliphatic carboxylic acids is 2. The maximum atomic E-state index is 11.8. The van der Waals surface area contributed by atoms with Gasteiger partial charge in [0.15, 0.2) is 44.0 Å². The number of hydrogen-bond donors (Lipinski definition) is 22. The van der Waals surface area contributed by atoms with Gasteiger partial charge in [0, 0.05) is 6.61 Å². The van der Waals surface area contributed by atoms with Crippen LogP contribution in [0.1, 0.15) is 12.8 Å². The van der Waals surface area contributed by atoms with Crippen molar-refractivity contribution in [2.45, 2.75) is 233 Å². The summed E-state index contributed by atoms with van der Waals surface area (Å²) in [5, 5.41) is 240. The molecule has 21 saturated heterocycles. The van der Waals surface area contributed by atoms with Gasteiger partial charge in [-0.25, -0.2) is 0 Å². The minimum atomic E-state index is -2.27. The Labute approximate surface area is 535 Å². The van der Waals surface area contributed by atoms with Crippen molar-refractivity contribution in [3.05, 3.63) is 0 Å². The molecule has 0 aromatic heterocycles. The largest absolute Gasteiger partial charge is 1.00 e. The SMILES string of the molecule is O=C(O)CC(SCCCOCC1O[C@H]2O[C@H]3[C@H](O)[C@@H](O)[C@H](O[C@H]4[C@H](O)[C@@H](O)[C@H](O[C@H]5[C@H](O)[C@@H](O)[C@H](O[C@H]6[C@H](O)[C@@H](O)[C@H](O[C@H]7[C@H](O)[C@@H](O)[C@H](O[C@H]8[C@H](O)[C@@H](O)[C@H](O[C@H]1[C@H](O)[C@H]2O)O[C@@H]8CO)O[C@@H]7CO)O[C@@H]6CO)O[C@@H]5CO)O[C@@H]4CO)O[C@@H]3CO)C(=O)O.[Na+]. The van der Waals surface area contributed by atoms with E-state index in [1.165, 1.54) is 0 Å². The molecule has 90 heavy (non-hydrogen) atoms. The van der Waals surface area contributed by atoms with Crippen molar-refractivity contribution >= 4 is 23.7 Å². The number of carboxylic acids is 2. The molecule has 21 aliphatic heterocycles. The summed E-state index contributed by atoms with van der Waals surface area (Å²) in [4.78, 5) is 22.8. The van der Waals surface area contributed by atoms with Crippen LogP contribution in [0.4, 0.5) is 0 Å². The van der Waals surface area contributed by atoms with Gasteiger partial charge in [-0.05, 0) is 12.2 Å². The zero-order valence-electron chi connectivity index (χ0n) is 47.7. The second kappa shape index (κ2) is 33.9. The first-order chi connectivity index (χ1) is 42.3. The van der Waals surface area contributed by atoms with Crippen molar-refractivity contribution < 1.29 is 223 Å². The van der Waals surface area contributed by atoms with E-state index in [1.54, 1.807) is 0 Å². The third-order valence-electron chi connectivity index (χ3n) is 16.3. The van der Waals surface area contributed by atoms with Crippen molar-refractivity contribution in [1.29, 1.82) is 0 Å². The molecule has 0 radical (unpaired) electrons. The Balaban J connectivity index is 0.0000115. The van der Waals surface area contributed by atoms with Crippen LogP contribution in [0.25, 0.3) is 0 Å². The molecule has 21 aliphatic rings. The molecule has 0 aliphatic carbocycles. The first kappa shape index (κ1) is 76.3. The smallest absolute Gasteiger partial charge is 0.481 e. The van der Waals surface area contributed by atoms with E-state index >= 15 is 0 Å². The van der Waals surface area contributed by atoms with E-state index in [4.69, 9.17) is 76.2 Å². The Hall–Kier alpha value is -1.11. The molecule has 21 fully saturated rings. The number of aliphatic hydroxyl groups is 20. The molecular weight excluding hydrogens is 1270 g/mol. The number of carboxylic acid groups (broad SMARTS) is 2. The van der Waals surface area contributed by atoms with Crippen molar-refractivity contribution in [3.8, 4) is 0 Å². The van der Waals surface area contributed by atoms with Gasteiger partial charge >= 0.3 is 41.5 Å². The maximum absolute atomic E-state index is 11.8. The molecule has 21 heterocycles. The Bertz CT molecular complexity index is 2190. The molecule has 516 valence electrons. The van der Waals surface area contributed by atoms with E-state index in [1.807, 2.05) is 0 Å². The minimum Gasteiger partial charge on any atom is -0.481 e. The van der Waals surface area contributed by atoms with E-state index in [-0.39, 0.29) is 48.3 Å². The summed E-state index contributed by atoms with van der Waals surface area (Å²) >= 11 is 0.786. The van der Waals surface area contributed by atoms with Gasteiger partial charge in [-0.2, -0.15) is 0 Å². The Morgan fingerprint density at radius 1 is 0.333 bits per heavy atom. The standard InChI is InChI=1S/C49H80O39S.Na/c50-5-12-35-22(59)29(66)44(76-12)84-37-14(7-52)78-46(31(68)24(37)61)86-39-16(9-54)80-48(33(70)26(39)63)88-41-18(11-74-2-1-3-89-19(42(72)73)4-20(56)57)81-49(34(71)27(41)64)87-40-17(10-55)79-47(32(69)25(40)62)85-38-15(8-53)77-45(30(67)23(38)60)83-36-13(6-51)75-43(82-35)28(65)21(36)58;/h12-19,21-41,43-55,58-71H,1-11H2,(H,56,57)(H,72,73);/q;+1/t12-,13-,14-,15-,16-,17-,18?,19?,21-,22-,23-,24-,25-,26-,27-,28-,29-,30-,31-,32-,33-,34-,35-,36-,37-,38-,39-,40-,41-,43+,44+,45+,46+,47+,48+,49+;/m1./s1. The second-order valence-electron chi connectivity index (χ2n) is 22.2. The van der Waals surface area contributed by atoms with Crippen LogP contribution >= 0.6 is 11.8 Å². The first-order valence-electron chi connectivity index (χ1n) is 28.3. The fourth-order valence-corrected chi connectivity index (χ4v) is 12.3. The summed E-state index contributed by atoms with van der Waals surface area (Å²) in [6, 6.07) is 0. The molecular formula is C49H80NaO39S+. The quantitative estimate of drug-likeness (QED) is 0.0504. The zero-order valence-corrected chi connectivity index (χ0v) is 50.6. The average Bonchev–Trinajstić information content (AvgIpc) is 0.847. The summed E-state index contributed by atoms with van der Waals surface area (Å²) in [6.07, 6.45) is -72.3. The maximum Gasteiger partial charge on any atom is 1.00 e. The van der Waals surface area contributed by atoms with Gasteiger partial charge in [0.25, 0.3) is 0 Å². The summed E-state index contributed by atoms with van der Waals surface area (Å²) in [5.41, 5.74) is 0. The third-order valence-corrected chi connectivity index (χ3v) is 17.6. The number of carbonyl (C=O) groups is 2. The van der Waals surface area contributed by atoms with Crippen LogP contribution in [-0.2, 0) is 80.6 Å². The van der Waals surface area contributed by atoms with Crippen LogP contribution in [0.5, 0.6) is 0 Å². The number of ether oxygens (including phenoxy) is 15. The molecule has 14 bridgehead atoms. The Morgan fingerprint density at radius 2 is 0.544 bits per heavy atom. The molecule has 0 amide bonds. The second-order valence-corrected chi connectivity index (χ2v) is 23.5. The molecule has 2 unspecified atom stereocenters. The van der Waals surface area contributed by atoms with Crippen molar-refractivity contribution in [2.75, 3.05) is 58.6 Å². The number of rotatable bonds is 16. The van der Waals surface area contributed by atoms with E-state index in [0.29, 0.717) is 0 Å².